The Hall–Kier alpha value is -0.580. The van der Waals surface area contributed by atoms with E-state index in [9.17, 15) is 0 Å². The summed E-state index contributed by atoms with van der Waals surface area (Å²) in [5.74, 6) is 0. The Bertz CT molecular complexity index is 503. The van der Waals surface area contributed by atoms with Crippen molar-refractivity contribution in [3.63, 3.8) is 0 Å². The van der Waals surface area contributed by atoms with Crippen LogP contribution in [0, 0.1) is 6.92 Å². The Kier molecular flexibility index (Phi) is 4.72. The second-order valence-electron chi connectivity index (χ2n) is 6.99. The SMILES string of the molecule is CCC1(CC)CNC(C)(C)CN1Cc1c(Cl)c(C)nn1C. The van der Waals surface area contributed by atoms with E-state index in [0.717, 1.165) is 48.9 Å². The highest BCUT2D eigenvalue weighted by Crippen LogP contribution is 2.33. The van der Waals surface area contributed by atoms with Gasteiger partial charge in [0.1, 0.15) is 0 Å². The lowest BCUT2D eigenvalue weighted by molar-refractivity contribution is 0.000738. The maximum atomic E-state index is 6.46. The molecule has 120 valence electrons. The van der Waals surface area contributed by atoms with Gasteiger partial charge in [0.2, 0.25) is 0 Å². The number of halogens is 1. The minimum atomic E-state index is 0.133. The molecule has 0 bridgehead atoms. The molecular weight excluding hydrogens is 284 g/mol. The zero-order valence-electron chi connectivity index (χ0n) is 14.3. The molecule has 2 rings (SSSR count). The summed E-state index contributed by atoms with van der Waals surface area (Å²) >= 11 is 6.46. The molecule has 1 N–H and O–H groups in total. The highest BCUT2D eigenvalue weighted by molar-refractivity contribution is 6.31. The van der Waals surface area contributed by atoms with Crippen molar-refractivity contribution in [1.29, 1.82) is 0 Å². The number of piperazine rings is 1. The van der Waals surface area contributed by atoms with Gasteiger partial charge in [0.15, 0.2) is 0 Å². The lowest BCUT2D eigenvalue weighted by atomic mass is 9.84. The van der Waals surface area contributed by atoms with Crippen LogP contribution in [0.25, 0.3) is 0 Å². The Morgan fingerprint density at radius 1 is 1.29 bits per heavy atom. The third-order valence-corrected chi connectivity index (χ3v) is 5.56. The molecule has 0 radical (unpaired) electrons. The van der Waals surface area contributed by atoms with Crippen molar-refractivity contribution in [3.05, 3.63) is 16.4 Å². The molecule has 0 aliphatic carbocycles. The van der Waals surface area contributed by atoms with Gasteiger partial charge >= 0.3 is 0 Å². The van der Waals surface area contributed by atoms with Gasteiger partial charge in [-0.3, -0.25) is 9.58 Å². The highest BCUT2D eigenvalue weighted by Gasteiger charge is 2.42. The van der Waals surface area contributed by atoms with Crippen LogP contribution in [0.1, 0.15) is 51.9 Å². The predicted octanol–water partition coefficient (Wildman–Crippen LogP) is 3.12. The van der Waals surface area contributed by atoms with Gasteiger partial charge in [-0.1, -0.05) is 25.4 Å². The molecular formula is C16H29ClN4. The van der Waals surface area contributed by atoms with E-state index in [0.29, 0.717) is 0 Å². The fraction of sp³-hybridized carbons (Fsp3) is 0.812. The third kappa shape index (κ3) is 3.13. The van der Waals surface area contributed by atoms with E-state index in [1.165, 1.54) is 0 Å². The Morgan fingerprint density at radius 2 is 1.90 bits per heavy atom. The summed E-state index contributed by atoms with van der Waals surface area (Å²) < 4.78 is 1.93. The molecule has 0 unspecified atom stereocenters. The average molecular weight is 313 g/mol. The number of rotatable bonds is 4. The van der Waals surface area contributed by atoms with Gasteiger partial charge in [-0.15, -0.1) is 0 Å². The molecule has 1 aromatic rings. The Morgan fingerprint density at radius 3 is 2.38 bits per heavy atom. The van der Waals surface area contributed by atoms with Crippen LogP contribution in [-0.4, -0.2) is 38.8 Å². The van der Waals surface area contributed by atoms with E-state index >= 15 is 0 Å². The minimum absolute atomic E-state index is 0.133. The molecule has 0 spiro atoms. The fourth-order valence-electron chi connectivity index (χ4n) is 3.42. The van der Waals surface area contributed by atoms with Crippen molar-refractivity contribution in [2.75, 3.05) is 13.1 Å². The van der Waals surface area contributed by atoms with Crippen LogP contribution in [0.15, 0.2) is 0 Å². The van der Waals surface area contributed by atoms with Gasteiger partial charge in [-0.05, 0) is 33.6 Å². The molecule has 1 saturated heterocycles. The third-order valence-electron chi connectivity index (χ3n) is 5.07. The highest BCUT2D eigenvalue weighted by atomic mass is 35.5. The van der Waals surface area contributed by atoms with Gasteiger partial charge < -0.3 is 5.32 Å². The van der Waals surface area contributed by atoms with Crippen molar-refractivity contribution in [2.24, 2.45) is 7.05 Å². The molecule has 0 saturated carbocycles. The molecule has 4 nitrogen and oxygen atoms in total. The Labute approximate surface area is 133 Å². The lowest BCUT2D eigenvalue weighted by Crippen LogP contribution is -2.67. The molecule has 1 aliphatic heterocycles. The number of aryl methyl sites for hydroxylation is 2. The van der Waals surface area contributed by atoms with Crippen LogP contribution in [-0.2, 0) is 13.6 Å². The van der Waals surface area contributed by atoms with Crippen molar-refractivity contribution >= 4 is 11.6 Å². The first-order chi connectivity index (χ1) is 9.74. The largest absolute Gasteiger partial charge is 0.309 e. The number of nitrogens with one attached hydrogen (secondary N) is 1. The summed E-state index contributed by atoms with van der Waals surface area (Å²) in [6, 6.07) is 0. The first-order valence-corrected chi connectivity index (χ1v) is 8.30. The molecule has 1 fully saturated rings. The van der Waals surface area contributed by atoms with Crippen molar-refractivity contribution in [1.82, 2.24) is 20.0 Å². The van der Waals surface area contributed by atoms with E-state index in [1.807, 2.05) is 18.7 Å². The van der Waals surface area contributed by atoms with Crippen LogP contribution in [0.2, 0.25) is 5.02 Å². The van der Waals surface area contributed by atoms with E-state index in [-0.39, 0.29) is 11.1 Å². The van der Waals surface area contributed by atoms with Crippen LogP contribution in [0.3, 0.4) is 0 Å². The van der Waals surface area contributed by atoms with Crippen molar-refractivity contribution < 1.29 is 0 Å². The van der Waals surface area contributed by atoms with Gasteiger partial charge in [-0.2, -0.15) is 5.10 Å². The maximum Gasteiger partial charge on any atom is 0.0860 e. The topological polar surface area (TPSA) is 33.1 Å². The standard InChI is InChI=1S/C16H29ClN4/c1-7-16(8-2)10-18-15(4,5)11-21(16)9-13-14(17)12(3)19-20(13)6/h18H,7-11H2,1-6H3. The second kappa shape index (κ2) is 5.90. The van der Waals surface area contributed by atoms with Crippen LogP contribution in [0.4, 0.5) is 0 Å². The lowest BCUT2D eigenvalue weighted by Gasteiger charge is -2.52. The number of hydrogen-bond acceptors (Lipinski definition) is 3. The first-order valence-electron chi connectivity index (χ1n) is 7.93. The molecule has 1 aromatic heterocycles. The first kappa shape index (κ1) is 16.8. The van der Waals surface area contributed by atoms with Gasteiger partial charge in [0.05, 0.1) is 16.4 Å². The second-order valence-corrected chi connectivity index (χ2v) is 7.37. The van der Waals surface area contributed by atoms with Gasteiger partial charge in [0, 0.05) is 37.8 Å². The molecule has 2 heterocycles. The monoisotopic (exact) mass is 312 g/mol. The quantitative estimate of drug-likeness (QED) is 0.927. The summed E-state index contributed by atoms with van der Waals surface area (Å²) in [4.78, 5) is 2.60. The van der Waals surface area contributed by atoms with E-state index in [4.69, 9.17) is 11.6 Å². The number of aromatic nitrogens is 2. The normalized spacial score (nSPS) is 21.7. The molecule has 0 amide bonds. The maximum absolute atomic E-state index is 6.46. The fourth-order valence-corrected chi connectivity index (χ4v) is 3.64. The summed E-state index contributed by atoms with van der Waals surface area (Å²) in [6.07, 6.45) is 2.28. The van der Waals surface area contributed by atoms with Gasteiger partial charge in [-0.25, -0.2) is 0 Å². The van der Waals surface area contributed by atoms with Crippen molar-refractivity contribution in [2.45, 2.75) is 65.1 Å². The number of hydrogen-bond donors (Lipinski definition) is 1. The Balaban J connectivity index is 2.32. The molecule has 0 atom stereocenters. The number of nitrogens with zero attached hydrogens (tertiary/aromatic N) is 3. The average Bonchev–Trinajstić information content (AvgIpc) is 2.66. The zero-order valence-corrected chi connectivity index (χ0v) is 15.0. The summed E-state index contributed by atoms with van der Waals surface area (Å²) in [7, 11) is 1.99. The van der Waals surface area contributed by atoms with Gasteiger partial charge in [0.25, 0.3) is 0 Å². The van der Waals surface area contributed by atoms with E-state index < -0.39 is 0 Å². The summed E-state index contributed by atoms with van der Waals surface area (Å²) in [5.41, 5.74) is 2.38. The smallest absolute Gasteiger partial charge is 0.0860 e. The summed E-state index contributed by atoms with van der Waals surface area (Å²) in [6.45, 7) is 14.0. The minimum Gasteiger partial charge on any atom is -0.309 e. The molecule has 5 heteroatoms. The zero-order chi connectivity index (χ0) is 15.8. The van der Waals surface area contributed by atoms with Crippen LogP contribution < -0.4 is 5.32 Å². The van der Waals surface area contributed by atoms with Crippen LogP contribution >= 0.6 is 11.6 Å². The van der Waals surface area contributed by atoms with Crippen LogP contribution in [0.5, 0.6) is 0 Å². The molecule has 1 aliphatic rings. The van der Waals surface area contributed by atoms with E-state index in [1.54, 1.807) is 0 Å². The van der Waals surface area contributed by atoms with E-state index in [2.05, 4.69) is 43.0 Å². The van der Waals surface area contributed by atoms with Crippen molar-refractivity contribution in [3.8, 4) is 0 Å². The molecule has 21 heavy (non-hydrogen) atoms. The predicted molar refractivity (Wildman–Crippen MR) is 88.8 cm³/mol. The molecule has 0 aromatic carbocycles. The summed E-state index contributed by atoms with van der Waals surface area (Å²) in [5, 5.41) is 8.97.